The van der Waals surface area contributed by atoms with Crippen LogP contribution in [0.5, 0.6) is 0 Å². The summed E-state index contributed by atoms with van der Waals surface area (Å²) in [7, 11) is 0. The van der Waals surface area contributed by atoms with E-state index in [1.165, 1.54) is 13.8 Å². The van der Waals surface area contributed by atoms with E-state index < -0.39 is 15.8 Å². The molecule has 0 aromatic carbocycles. The van der Waals surface area contributed by atoms with Gasteiger partial charge in [-0.2, -0.15) is 0 Å². The molecule has 1 atom stereocenters. The van der Waals surface area contributed by atoms with Crippen molar-refractivity contribution < 1.29 is 14.5 Å². The maximum atomic E-state index is 10.8. The SMILES string of the molecule is C=C(C)C(=O)OCC(C)(S)[N+](=O)[O-]. The van der Waals surface area contributed by atoms with Crippen LogP contribution in [-0.2, 0) is 9.53 Å². The topological polar surface area (TPSA) is 69.4 Å². The third-order valence-corrected chi connectivity index (χ3v) is 1.51. The minimum atomic E-state index is -1.55. The normalized spacial score (nSPS) is 14.4. The first-order chi connectivity index (χ1) is 5.77. The fourth-order valence-electron chi connectivity index (χ4n) is 0.378. The maximum absolute atomic E-state index is 10.8. The molecule has 0 radical (unpaired) electrons. The van der Waals surface area contributed by atoms with Gasteiger partial charge in [-0.25, -0.2) is 4.79 Å². The second-order valence-electron chi connectivity index (χ2n) is 2.83. The van der Waals surface area contributed by atoms with Gasteiger partial charge in [-0.3, -0.25) is 10.1 Å². The number of carbonyl (C=O) groups is 1. The Bertz CT molecular complexity index is 249. The van der Waals surface area contributed by atoms with Gasteiger partial charge in [0, 0.05) is 17.4 Å². The molecule has 0 aliphatic carbocycles. The second kappa shape index (κ2) is 4.27. The van der Waals surface area contributed by atoms with Gasteiger partial charge in [0.1, 0.15) is 0 Å². The van der Waals surface area contributed by atoms with Crippen LogP contribution in [0.15, 0.2) is 12.2 Å². The summed E-state index contributed by atoms with van der Waals surface area (Å²) in [6.45, 7) is 5.67. The summed E-state index contributed by atoms with van der Waals surface area (Å²) in [4.78, 5) is 19.0. The molecule has 0 aromatic rings. The van der Waals surface area contributed by atoms with Gasteiger partial charge in [-0.05, 0) is 6.92 Å². The highest BCUT2D eigenvalue weighted by atomic mass is 32.1. The Morgan fingerprint density at radius 1 is 1.77 bits per heavy atom. The van der Waals surface area contributed by atoms with Crippen molar-refractivity contribution in [1.82, 2.24) is 0 Å². The van der Waals surface area contributed by atoms with E-state index in [4.69, 9.17) is 0 Å². The van der Waals surface area contributed by atoms with Gasteiger partial charge in [0.05, 0.1) is 0 Å². The minimum absolute atomic E-state index is 0.201. The zero-order valence-electron chi connectivity index (χ0n) is 7.44. The lowest BCUT2D eigenvalue weighted by molar-refractivity contribution is -0.535. The zero-order chi connectivity index (χ0) is 10.6. The van der Waals surface area contributed by atoms with Crippen LogP contribution >= 0.6 is 12.6 Å². The molecule has 6 heteroatoms. The highest BCUT2D eigenvalue weighted by molar-refractivity contribution is 7.81. The lowest BCUT2D eigenvalue weighted by Crippen LogP contribution is -2.34. The van der Waals surface area contributed by atoms with Crippen LogP contribution in [0.1, 0.15) is 13.8 Å². The number of hydrogen-bond donors (Lipinski definition) is 1. The summed E-state index contributed by atoms with van der Waals surface area (Å²) < 4.78 is 4.57. The zero-order valence-corrected chi connectivity index (χ0v) is 8.34. The van der Waals surface area contributed by atoms with Crippen LogP contribution in [0.3, 0.4) is 0 Å². The molecule has 0 fully saturated rings. The first-order valence-electron chi connectivity index (χ1n) is 3.47. The van der Waals surface area contributed by atoms with Gasteiger partial charge in [-0.15, -0.1) is 0 Å². The van der Waals surface area contributed by atoms with E-state index in [1.807, 2.05) is 0 Å². The van der Waals surface area contributed by atoms with Crippen molar-refractivity contribution in [3.8, 4) is 0 Å². The number of rotatable bonds is 4. The van der Waals surface area contributed by atoms with E-state index in [0.29, 0.717) is 0 Å². The number of carbonyl (C=O) groups excluding carboxylic acids is 1. The largest absolute Gasteiger partial charge is 0.454 e. The summed E-state index contributed by atoms with van der Waals surface area (Å²) in [5, 5.41) is 10.3. The molecule has 0 spiro atoms. The average Bonchev–Trinajstić information content (AvgIpc) is 1.99. The monoisotopic (exact) mass is 205 g/mol. The third kappa shape index (κ3) is 3.93. The molecule has 74 valence electrons. The van der Waals surface area contributed by atoms with E-state index in [-0.39, 0.29) is 12.2 Å². The molecule has 0 bridgehead atoms. The summed E-state index contributed by atoms with van der Waals surface area (Å²) in [5.41, 5.74) is 0.201. The van der Waals surface area contributed by atoms with Crippen molar-refractivity contribution >= 4 is 18.6 Å². The minimum Gasteiger partial charge on any atom is -0.454 e. The van der Waals surface area contributed by atoms with Crippen molar-refractivity contribution in [2.75, 3.05) is 6.61 Å². The predicted molar refractivity (Wildman–Crippen MR) is 50.2 cm³/mol. The lowest BCUT2D eigenvalue weighted by atomic mass is 10.3. The fraction of sp³-hybridized carbons (Fsp3) is 0.571. The summed E-state index contributed by atoms with van der Waals surface area (Å²) >= 11 is 3.72. The molecule has 5 nitrogen and oxygen atoms in total. The summed E-state index contributed by atoms with van der Waals surface area (Å²) in [6.07, 6.45) is 0. The fourth-order valence-corrected chi connectivity index (χ4v) is 0.443. The third-order valence-electron chi connectivity index (χ3n) is 1.22. The molecule has 0 saturated carbocycles. The Labute approximate surface area is 81.3 Å². The number of hydrogen-bond acceptors (Lipinski definition) is 5. The molecule has 0 aliphatic rings. The van der Waals surface area contributed by atoms with E-state index in [1.54, 1.807) is 0 Å². The van der Waals surface area contributed by atoms with Gasteiger partial charge in [0.15, 0.2) is 6.61 Å². The summed E-state index contributed by atoms with van der Waals surface area (Å²) in [5.74, 6) is -0.651. The molecular weight excluding hydrogens is 194 g/mol. The maximum Gasteiger partial charge on any atom is 0.333 e. The Morgan fingerprint density at radius 2 is 2.23 bits per heavy atom. The first kappa shape index (κ1) is 12.0. The standard InChI is InChI=1S/C7H11NO4S/c1-5(2)6(9)12-4-7(3,13)8(10)11/h13H,1,4H2,2-3H3. The van der Waals surface area contributed by atoms with Crippen molar-refractivity contribution in [2.45, 2.75) is 18.7 Å². The van der Waals surface area contributed by atoms with Crippen LogP contribution < -0.4 is 0 Å². The quantitative estimate of drug-likeness (QED) is 0.186. The van der Waals surface area contributed by atoms with E-state index >= 15 is 0 Å². The van der Waals surface area contributed by atoms with Crippen LogP contribution in [0.25, 0.3) is 0 Å². The molecule has 0 heterocycles. The number of esters is 1. The van der Waals surface area contributed by atoms with Gasteiger partial charge in [-0.1, -0.05) is 19.2 Å². The van der Waals surface area contributed by atoms with Crippen molar-refractivity contribution in [3.63, 3.8) is 0 Å². The number of ether oxygens (including phenoxy) is 1. The predicted octanol–water partition coefficient (Wildman–Crippen LogP) is 1.03. The van der Waals surface area contributed by atoms with Crippen molar-refractivity contribution in [1.29, 1.82) is 0 Å². The molecule has 13 heavy (non-hydrogen) atoms. The van der Waals surface area contributed by atoms with E-state index in [0.717, 1.165) is 0 Å². The Hall–Kier alpha value is -1.04. The number of nitrogens with zero attached hydrogens (tertiary/aromatic N) is 1. The molecule has 0 saturated heterocycles. The van der Waals surface area contributed by atoms with Crippen LogP contribution in [0, 0.1) is 10.1 Å². The smallest absolute Gasteiger partial charge is 0.333 e. The second-order valence-corrected chi connectivity index (χ2v) is 3.79. The Balaban J connectivity index is 4.10. The molecule has 0 aromatic heterocycles. The first-order valence-corrected chi connectivity index (χ1v) is 3.91. The molecule has 0 aliphatic heterocycles. The highest BCUT2D eigenvalue weighted by Gasteiger charge is 2.34. The molecule has 1 unspecified atom stereocenters. The van der Waals surface area contributed by atoms with Gasteiger partial charge >= 0.3 is 5.97 Å². The van der Waals surface area contributed by atoms with E-state index in [9.17, 15) is 14.9 Å². The highest BCUT2D eigenvalue weighted by Crippen LogP contribution is 2.14. The summed E-state index contributed by atoms with van der Waals surface area (Å²) in [6, 6.07) is 0. The Kier molecular flexibility index (Phi) is 3.93. The van der Waals surface area contributed by atoms with Gasteiger partial charge in [0.2, 0.25) is 0 Å². The lowest BCUT2D eigenvalue weighted by Gasteiger charge is -2.14. The van der Waals surface area contributed by atoms with Gasteiger partial charge in [0.25, 0.3) is 4.87 Å². The average molecular weight is 205 g/mol. The van der Waals surface area contributed by atoms with Gasteiger partial charge < -0.3 is 4.74 Å². The van der Waals surface area contributed by atoms with Crippen molar-refractivity contribution in [3.05, 3.63) is 22.3 Å². The van der Waals surface area contributed by atoms with Crippen LogP contribution in [-0.4, -0.2) is 22.4 Å². The number of thiol groups is 1. The Morgan fingerprint density at radius 3 is 2.54 bits per heavy atom. The number of nitro groups is 1. The van der Waals surface area contributed by atoms with E-state index in [2.05, 4.69) is 23.9 Å². The molecule has 0 amide bonds. The van der Waals surface area contributed by atoms with Crippen LogP contribution in [0.4, 0.5) is 0 Å². The van der Waals surface area contributed by atoms with Crippen molar-refractivity contribution in [2.24, 2.45) is 0 Å². The molecule has 0 N–H and O–H groups in total. The molecular formula is C7H11NO4S. The van der Waals surface area contributed by atoms with Crippen LogP contribution in [0.2, 0.25) is 0 Å². The molecule has 0 rings (SSSR count).